The van der Waals surface area contributed by atoms with Crippen LogP contribution in [0.1, 0.15) is 46.0 Å². The van der Waals surface area contributed by atoms with Crippen LogP contribution in [0.3, 0.4) is 0 Å². The van der Waals surface area contributed by atoms with Crippen molar-refractivity contribution in [2.75, 3.05) is 38.8 Å². The van der Waals surface area contributed by atoms with Gasteiger partial charge < -0.3 is 29.4 Å². The monoisotopic (exact) mass is 724 g/mol. The van der Waals surface area contributed by atoms with Crippen molar-refractivity contribution in [2.24, 2.45) is 5.92 Å². The molecule has 7 rings (SSSR count). The fraction of sp³-hybridized carbons (Fsp3) is 0.333. The number of pyridine rings is 2. The van der Waals surface area contributed by atoms with Crippen molar-refractivity contribution in [3.63, 3.8) is 0 Å². The maximum atomic E-state index is 13.6. The molecule has 3 N–H and O–H groups in total. The van der Waals surface area contributed by atoms with Crippen LogP contribution in [0.15, 0.2) is 78.1 Å². The minimum Gasteiger partial charge on any atom is -0.870 e. The van der Waals surface area contributed by atoms with Crippen LogP contribution in [-0.2, 0) is 22.4 Å². The smallest absolute Gasteiger partial charge is 0.415 e. The average molecular weight is 726 g/mol. The summed E-state index contributed by atoms with van der Waals surface area (Å²) in [6.45, 7) is 2.77. The van der Waals surface area contributed by atoms with Gasteiger partial charge in [-0.3, -0.25) is 14.6 Å². The van der Waals surface area contributed by atoms with Crippen LogP contribution in [0.2, 0.25) is 10.0 Å². The topological polar surface area (TPSA) is 155 Å². The number of carbonyl (C=O) groups is 2. The molecule has 0 spiro atoms. The van der Waals surface area contributed by atoms with E-state index in [2.05, 4.69) is 14.9 Å². The van der Waals surface area contributed by atoms with E-state index in [4.69, 9.17) is 42.1 Å². The van der Waals surface area contributed by atoms with E-state index in [1.807, 2.05) is 0 Å². The van der Waals surface area contributed by atoms with Crippen molar-refractivity contribution in [2.45, 2.75) is 38.0 Å². The number of methoxy groups -OCH3 is 2. The van der Waals surface area contributed by atoms with Crippen molar-refractivity contribution >= 4 is 41.0 Å². The third kappa shape index (κ3) is 8.22. The predicted octanol–water partition coefficient (Wildman–Crippen LogP) is 5.71. The zero-order valence-corrected chi connectivity index (χ0v) is 29.1. The largest absolute Gasteiger partial charge is 0.870 e. The third-order valence-corrected chi connectivity index (χ3v) is 9.78. The highest BCUT2D eigenvalue weighted by atomic mass is 35.5. The molecule has 1 amide bonds. The summed E-state index contributed by atoms with van der Waals surface area (Å²) in [4.78, 5) is 49.4. The van der Waals surface area contributed by atoms with E-state index in [0.29, 0.717) is 50.7 Å². The van der Waals surface area contributed by atoms with Gasteiger partial charge in [-0.05, 0) is 67.2 Å². The summed E-state index contributed by atoms with van der Waals surface area (Å²) in [7, 11) is 3.06. The van der Waals surface area contributed by atoms with E-state index in [1.54, 1.807) is 54.9 Å². The zero-order chi connectivity index (χ0) is 34.5. The van der Waals surface area contributed by atoms with Gasteiger partial charge in [0.05, 0.1) is 26.3 Å². The molecule has 50 heavy (non-hydrogen) atoms. The first-order chi connectivity index (χ1) is 23.7. The number of H-pyrrole nitrogens is 2. The molecule has 0 saturated carbocycles. The number of nitrogens with zero attached hydrogens (tertiary/aromatic N) is 2. The lowest BCUT2D eigenvalue weighted by atomic mass is 9.86. The number of aromatic nitrogens is 2. The molecule has 14 heteroatoms. The molecule has 2 bridgehead atoms. The van der Waals surface area contributed by atoms with Crippen LogP contribution >= 0.6 is 23.2 Å². The normalized spacial score (nSPS) is 18.4. The number of hydrogen-bond acceptors (Lipinski definition) is 9. The standard InChI is InChI=1S/C36H36Cl2N4O7.H2O/c1-46-31-8-7-25(15-33(31)47-2)32(16-26-27(37)17-40-18-28(26)38)48-35(44)24-5-3-22(4-6-24)20-42(29-19-39-12-9-30(29)43)36(45)49-34-21-41-13-10-23(34)11-14-41;/h3-9,12,15,17-19,23,32,34H,10-11,13-14,16,20-21H2,1-2H3,(H,39,43);1H2/t32-,34-;/m0./s1. The SMILES string of the molecule is COc1ccc([C@H](Cc2c(Cl)c[nH+]cc2Cl)OC(=O)c2ccc(CN(C(=O)O[C@H]3CN4CCC3CC4)c3c[nH]ccc3=O)cc2)cc1OC.[OH-]. The number of carbonyl (C=O) groups excluding carboxylic acids is 2. The number of rotatable bonds is 11. The Morgan fingerprint density at radius 3 is 2.32 bits per heavy atom. The van der Waals surface area contributed by atoms with Crippen molar-refractivity contribution in [3.05, 3.63) is 116 Å². The third-order valence-electron chi connectivity index (χ3n) is 9.11. The summed E-state index contributed by atoms with van der Waals surface area (Å²) in [5.41, 5.74) is 2.07. The van der Waals surface area contributed by atoms with Gasteiger partial charge in [0.25, 0.3) is 0 Å². The molecule has 3 saturated heterocycles. The molecule has 12 nitrogen and oxygen atoms in total. The Hall–Kier alpha value is -4.62. The molecular formula is C36H38Cl2N4O8. The van der Waals surface area contributed by atoms with E-state index in [0.717, 1.165) is 25.9 Å². The molecule has 0 radical (unpaired) electrons. The van der Waals surface area contributed by atoms with Crippen molar-refractivity contribution in [3.8, 4) is 11.5 Å². The number of hydrogen-bond donors (Lipinski definition) is 1. The first-order valence-electron chi connectivity index (χ1n) is 16.0. The molecular weight excluding hydrogens is 687 g/mol. The minimum absolute atomic E-state index is 0. The quantitative estimate of drug-likeness (QED) is 0.192. The Balaban J connectivity index is 0.00000486. The first-order valence-corrected chi connectivity index (χ1v) is 16.7. The van der Waals surface area contributed by atoms with Gasteiger partial charge in [-0.15, -0.1) is 0 Å². The summed E-state index contributed by atoms with van der Waals surface area (Å²) in [6, 6.07) is 13.3. The van der Waals surface area contributed by atoms with Crippen molar-refractivity contribution in [1.82, 2.24) is 9.88 Å². The number of nitrogens with one attached hydrogen (secondary N) is 2. The second-order valence-corrected chi connectivity index (χ2v) is 12.9. The molecule has 3 aliphatic rings. The summed E-state index contributed by atoms with van der Waals surface area (Å²) < 4.78 is 22.9. The fourth-order valence-corrected chi connectivity index (χ4v) is 6.90. The van der Waals surface area contributed by atoms with E-state index in [1.165, 1.54) is 37.6 Å². The lowest BCUT2D eigenvalue weighted by molar-refractivity contribution is -0.377. The van der Waals surface area contributed by atoms with Crippen molar-refractivity contribution in [1.29, 1.82) is 0 Å². The second-order valence-electron chi connectivity index (χ2n) is 12.1. The van der Waals surface area contributed by atoms with Crippen molar-refractivity contribution < 1.29 is 39.0 Å². The zero-order valence-electron chi connectivity index (χ0n) is 27.6. The maximum absolute atomic E-state index is 13.6. The molecule has 2 atom stereocenters. The Kier molecular flexibility index (Phi) is 12.0. The molecule has 2 aromatic carbocycles. The van der Waals surface area contributed by atoms with Gasteiger partial charge in [0.1, 0.15) is 27.9 Å². The highest BCUT2D eigenvalue weighted by Crippen LogP contribution is 2.35. The van der Waals surface area contributed by atoms with Gasteiger partial charge in [0.15, 0.2) is 23.9 Å². The number of amides is 1. The summed E-state index contributed by atoms with van der Waals surface area (Å²) in [5.74, 6) is 0.721. The van der Waals surface area contributed by atoms with Gasteiger partial charge in [0, 0.05) is 37.0 Å². The molecule has 0 unspecified atom stereocenters. The second kappa shape index (κ2) is 16.4. The average Bonchev–Trinajstić information content (AvgIpc) is 3.12. The molecule has 4 aromatic rings. The number of piperidine rings is 3. The number of benzene rings is 2. The van der Waals surface area contributed by atoms with Gasteiger partial charge in [-0.25, -0.2) is 14.6 Å². The van der Waals surface area contributed by atoms with E-state index < -0.39 is 18.2 Å². The Labute approximate surface area is 299 Å². The lowest BCUT2D eigenvalue weighted by Gasteiger charge is -2.44. The molecule has 2 aromatic heterocycles. The summed E-state index contributed by atoms with van der Waals surface area (Å²) >= 11 is 12.9. The molecule has 3 aliphatic heterocycles. The number of halogens is 2. The van der Waals surface area contributed by atoms with Crippen LogP contribution in [-0.4, -0.2) is 67.4 Å². The molecule has 0 aliphatic carbocycles. The number of ether oxygens (including phenoxy) is 4. The van der Waals surface area contributed by atoms with Crippen LogP contribution in [0.4, 0.5) is 10.5 Å². The molecule has 264 valence electrons. The Morgan fingerprint density at radius 2 is 1.70 bits per heavy atom. The lowest BCUT2D eigenvalue weighted by Crippen LogP contribution is -2.53. The highest BCUT2D eigenvalue weighted by molar-refractivity contribution is 6.35. The molecule has 3 fully saturated rings. The number of esters is 1. The summed E-state index contributed by atoms with van der Waals surface area (Å²) in [5, 5.41) is 0.791. The maximum Gasteiger partial charge on any atom is 0.415 e. The first kappa shape index (κ1) is 36.7. The summed E-state index contributed by atoms with van der Waals surface area (Å²) in [6.07, 6.45) is 6.77. The fourth-order valence-electron chi connectivity index (χ4n) is 6.37. The van der Waals surface area contributed by atoms with E-state index in [9.17, 15) is 14.4 Å². The van der Waals surface area contributed by atoms with Gasteiger partial charge in [-0.2, -0.15) is 0 Å². The number of aromatic amines is 2. The minimum atomic E-state index is -0.786. The van der Waals surface area contributed by atoms with Crippen LogP contribution in [0.25, 0.3) is 0 Å². The number of anilines is 1. The van der Waals surface area contributed by atoms with Crippen LogP contribution in [0.5, 0.6) is 11.5 Å². The Bertz CT molecular complexity index is 1840. The molecule has 5 heterocycles. The van der Waals surface area contributed by atoms with Crippen LogP contribution < -0.4 is 24.8 Å². The van der Waals surface area contributed by atoms with Gasteiger partial charge >= 0.3 is 12.1 Å². The van der Waals surface area contributed by atoms with E-state index in [-0.39, 0.29) is 41.2 Å². The van der Waals surface area contributed by atoms with Crippen LogP contribution in [0, 0.1) is 5.92 Å². The van der Waals surface area contributed by atoms with Gasteiger partial charge in [-0.1, -0.05) is 41.4 Å². The Morgan fingerprint density at radius 1 is 1.00 bits per heavy atom. The highest BCUT2D eigenvalue weighted by Gasteiger charge is 2.37. The van der Waals surface area contributed by atoms with Gasteiger partial charge in [0.2, 0.25) is 5.43 Å². The number of fused-ring (bicyclic) bond motifs is 3. The van der Waals surface area contributed by atoms with E-state index >= 15 is 0 Å². The predicted molar refractivity (Wildman–Crippen MR) is 185 cm³/mol.